The number of para-hydroxylation sites is 1. The van der Waals surface area contributed by atoms with Crippen molar-refractivity contribution in [3.8, 4) is 0 Å². The molecular formula is C17H16BrClN2O2. The van der Waals surface area contributed by atoms with Gasteiger partial charge in [0.15, 0.2) is 0 Å². The van der Waals surface area contributed by atoms with Gasteiger partial charge in [0.25, 0.3) is 0 Å². The van der Waals surface area contributed by atoms with E-state index in [1.54, 1.807) is 24.3 Å². The minimum absolute atomic E-state index is 0.0703. The van der Waals surface area contributed by atoms with Crippen LogP contribution in [-0.2, 0) is 9.59 Å². The fourth-order valence-electron chi connectivity index (χ4n) is 2.18. The summed E-state index contributed by atoms with van der Waals surface area (Å²) in [4.78, 5) is 25.6. The predicted molar refractivity (Wildman–Crippen MR) is 97.0 cm³/mol. The largest absolute Gasteiger partial charge is 0.324 e. The lowest BCUT2D eigenvalue weighted by Crippen LogP contribution is -2.37. The molecule has 0 aromatic heterocycles. The molecule has 0 aliphatic heterocycles. The van der Waals surface area contributed by atoms with Gasteiger partial charge in [-0.2, -0.15) is 0 Å². The minimum atomic E-state index is -0.276. The third-order valence-electron chi connectivity index (χ3n) is 3.28. The van der Waals surface area contributed by atoms with Crippen LogP contribution in [0.3, 0.4) is 0 Å². The molecular weight excluding hydrogens is 380 g/mol. The molecule has 0 saturated carbocycles. The number of anilines is 2. The summed E-state index contributed by atoms with van der Waals surface area (Å²) >= 11 is 9.32. The minimum Gasteiger partial charge on any atom is -0.324 e. The highest BCUT2D eigenvalue weighted by atomic mass is 79.9. The van der Waals surface area contributed by atoms with Gasteiger partial charge in [0.2, 0.25) is 11.8 Å². The van der Waals surface area contributed by atoms with E-state index in [1.807, 2.05) is 25.1 Å². The Morgan fingerprint density at radius 1 is 1.22 bits per heavy atom. The Labute approximate surface area is 148 Å². The third kappa shape index (κ3) is 4.56. The van der Waals surface area contributed by atoms with Gasteiger partial charge in [-0.1, -0.05) is 23.7 Å². The number of carbonyl (C=O) groups excluding carboxylic acids is 2. The summed E-state index contributed by atoms with van der Waals surface area (Å²) in [7, 11) is 0. The SMILES string of the molecule is CC(=O)N(CC(=O)Nc1ccccc1Br)c1ccc(Cl)cc1C. The van der Waals surface area contributed by atoms with E-state index in [2.05, 4.69) is 21.2 Å². The number of amides is 2. The topological polar surface area (TPSA) is 49.4 Å². The Bertz CT molecular complexity index is 749. The van der Waals surface area contributed by atoms with Crippen molar-refractivity contribution in [3.63, 3.8) is 0 Å². The first kappa shape index (κ1) is 17.5. The van der Waals surface area contributed by atoms with Crippen LogP contribution in [0.25, 0.3) is 0 Å². The fourth-order valence-corrected chi connectivity index (χ4v) is 2.79. The number of hydrogen-bond acceptors (Lipinski definition) is 2. The lowest BCUT2D eigenvalue weighted by Gasteiger charge is -2.23. The molecule has 0 saturated heterocycles. The molecule has 0 aliphatic rings. The quantitative estimate of drug-likeness (QED) is 0.834. The van der Waals surface area contributed by atoms with Gasteiger partial charge in [-0.05, 0) is 58.7 Å². The van der Waals surface area contributed by atoms with Gasteiger partial charge in [0, 0.05) is 22.1 Å². The number of nitrogens with one attached hydrogen (secondary N) is 1. The number of benzene rings is 2. The zero-order chi connectivity index (χ0) is 17.0. The van der Waals surface area contributed by atoms with E-state index in [1.165, 1.54) is 11.8 Å². The molecule has 1 N–H and O–H groups in total. The lowest BCUT2D eigenvalue weighted by atomic mass is 10.1. The molecule has 4 nitrogen and oxygen atoms in total. The van der Waals surface area contributed by atoms with Crippen LogP contribution >= 0.6 is 27.5 Å². The number of nitrogens with zero attached hydrogens (tertiary/aromatic N) is 1. The van der Waals surface area contributed by atoms with Gasteiger partial charge in [-0.3, -0.25) is 9.59 Å². The van der Waals surface area contributed by atoms with Crippen molar-refractivity contribution in [1.82, 2.24) is 0 Å². The molecule has 2 amide bonds. The first-order valence-electron chi connectivity index (χ1n) is 6.97. The number of rotatable bonds is 4. The smallest absolute Gasteiger partial charge is 0.244 e. The third-order valence-corrected chi connectivity index (χ3v) is 4.21. The van der Waals surface area contributed by atoms with E-state index in [0.717, 1.165) is 10.0 Å². The fraction of sp³-hybridized carbons (Fsp3) is 0.176. The van der Waals surface area contributed by atoms with E-state index in [-0.39, 0.29) is 18.4 Å². The molecule has 23 heavy (non-hydrogen) atoms. The second-order valence-electron chi connectivity index (χ2n) is 5.06. The Hall–Kier alpha value is -1.85. The van der Waals surface area contributed by atoms with Gasteiger partial charge in [-0.25, -0.2) is 0 Å². The zero-order valence-corrected chi connectivity index (χ0v) is 15.1. The molecule has 0 heterocycles. The van der Waals surface area contributed by atoms with Gasteiger partial charge in [-0.15, -0.1) is 0 Å². The molecule has 0 unspecified atom stereocenters. The van der Waals surface area contributed by atoms with Gasteiger partial charge in [0.1, 0.15) is 6.54 Å². The second-order valence-corrected chi connectivity index (χ2v) is 6.35. The van der Waals surface area contributed by atoms with Crippen molar-refractivity contribution in [1.29, 1.82) is 0 Å². The Kier molecular flexibility index (Phi) is 5.80. The number of aryl methyl sites for hydroxylation is 1. The summed E-state index contributed by atoms with van der Waals surface area (Å²) in [5, 5.41) is 3.38. The molecule has 0 spiro atoms. The summed E-state index contributed by atoms with van der Waals surface area (Å²) in [6.45, 7) is 3.21. The first-order valence-corrected chi connectivity index (χ1v) is 8.14. The Morgan fingerprint density at radius 2 is 1.91 bits per heavy atom. The maximum atomic E-state index is 12.3. The highest BCUT2D eigenvalue weighted by Crippen LogP contribution is 2.25. The standard InChI is InChI=1S/C17H16BrClN2O2/c1-11-9-13(19)7-8-16(11)21(12(2)22)10-17(23)20-15-6-4-3-5-14(15)18/h3-9H,10H2,1-2H3,(H,20,23). The zero-order valence-electron chi connectivity index (χ0n) is 12.8. The van der Waals surface area contributed by atoms with Crippen LogP contribution in [-0.4, -0.2) is 18.4 Å². The van der Waals surface area contributed by atoms with Gasteiger partial charge < -0.3 is 10.2 Å². The van der Waals surface area contributed by atoms with Crippen LogP contribution in [0, 0.1) is 6.92 Å². The summed E-state index contributed by atoms with van der Waals surface area (Å²) in [5.41, 5.74) is 2.17. The monoisotopic (exact) mass is 394 g/mol. The molecule has 0 aliphatic carbocycles. The van der Waals surface area contributed by atoms with Crippen molar-refractivity contribution in [2.45, 2.75) is 13.8 Å². The second kappa shape index (κ2) is 7.62. The molecule has 6 heteroatoms. The van der Waals surface area contributed by atoms with Crippen molar-refractivity contribution < 1.29 is 9.59 Å². The molecule has 120 valence electrons. The summed E-state index contributed by atoms with van der Waals surface area (Å²) in [6.07, 6.45) is 0. The Morgan fingerprint density at radius 3 is 2.52 bits per heavy atom. The van der Waals surface area contributed by atoms with Gasteiger partial charge >= 0.3 is 0 Å². The van der Waals surface area contributed by atoms with Crippen molar-refractivity contribution in [2.24, 2.45) is 0 Å². The van der Waals surface area contributed by atoms with E-state index in [0.29, 0.717) is 16.4 Å². The molecule has 2 aromatic rings. The van der Waals surface area contributed by atoms with Gasteiger partial charge in [0.05, 0.1) is 5.69 Å². The van der Waals surface area contributed by atoms with Crippen LogP contribution in [0.5, 0.6) is 0 Å². The van der Waals surface area contributed by atoms with Crippen LogP contribution in [0.4, 0.5) is 11.4 Å². The highest BCUT2D eigenvalue weighted by molar-refractivity contribution is 9.10. The molecule has 0 fully saturated rings. The predicted octanol–water partition coefficient (Wildman–Crippen LogP) is 4.40. The highest BCUT2D eigenvalue weighted by Gasteiger charge is 2.18. The number of hydrogen-bond donors (Lipinski definition) is 1. The molecule has 0 bridgehead atoms. The van der Waals surface area contributed by atoms with E-state index in [9.17, 15) is 9.59 Å². The summed E-state index contributed by atoms with van der Waals surface area (Å²) < 4.78 is 0.783. The van der Waals surface area contributed by atoms with Crippen molar-refractivity contribution in [2.75, 3.05) is 16.8 Å². The molecule has 2 rings (SSSR count). The van der Waals surface area contributed by atoms with Crippen molar-refractivity contribution in [3.05, 3.63) is 57.5 Å². The first-order chi connectivity index (χ1) is 10.9. The number of carbonyl (C=O) groups is 2. The summed E-state index contributed by atoms with van der Waals surface area (Å²) in [6, 6.07) is 12.5. The van der Waals surface area contributed by atoms with Crippen LogP contribution in [0.2, 0.25) is 5.02 Å². The molecule has 0 radical (unpaired) electrons. The average Bonchev–Trinajstić information content (AvgIpc) is 2.48. The normalized spacial score (nSPS) is 10.3. The lowest BCUT2D eigenvalue weighted by molar-refractivity contribution is -0.120. The Balaban J connectivity index is 2.18. The van der Waals surface area contributed by atoms with Crippen LogP contribution in [0.1, 0.15) is 12.5 Å². The van der Waals surface area contributed by atoms with E-state index in [4.69, 9.17) is 11.6 Å². The van der Waals surface area contributed by atoms with Crippen LogP contribution in [0.15, 0.2) is 46.9 Å². The molecule has 2 aromatic carbocycles. The van der Waals surface area contributed by atoms with Crippen LogP contribution < -0.4 is 10.2 Å². The van der Waals surface area contributed by atoms with E-state index >= 15 is 0 Å². The number of halogens is 2. The summed E-state index contributed by atoms with van der Waals surface area (Å²) in [5.74, 6) is -0.487. The molecule has 0 atom stereocenters. The average molecular weight is 396 g/mol. The van der Waals surface area contributed by atoms with E-state index < -0.39 is 0 Å². The maximum absolute atomic E-state index is 12.3. The van der Waals surface area contributed by atoms with Crippen molar-refractivity contribution >= 4 is 50.7 Å². The maximum Gasteiger partial charge on any atom is 0.244 e.